The number of rotatable bonds is 11. The summed E-state index contributed by atoms with van der Waals surface area (Å²) in [6.45, 7) is 0.150. The van der Waals surface area contributed by atoms with Crippen molar-refractivity contribution < 1.29 is 28.2 Å². The molecule has 0 radical (unpaired) electrons. The van der Waals surface area contributed by atoms with Crippen molar-refractivity contribution in [2.24, 2.45) is 12.1 Å². The molecular weight excluding hydrogens is 560 g/mol. The van der Waals surface area contributed by atoms with Crippen LogP contribution in [0.15, 0.2) is 75.5 Å². The number of methoxy groups -OCH3 is 3. The Labute approximate surface area is 246 Å². The van der Waals surface area contributed by atoms with E-state index in [1.165, 1.54) is 23.0 Å². The van der Waals surface area contributed by atoms with Gasteiger partial charge in [0.1, 0.15) is 5.75 Å². The van der Waals surface area contributed by atoms with E-state index in [0.29, 0.717) is 28.9 Å². The first-order chi connectivity index (χ1) is 20.4. The van der Waals surface area contributed by atoms with Crippen molar-refractivity contribution in [3.8, 4) is 17.2 Å². The van der Waals surface area contributed by atoms with E-state index in [1.807, 2.05) is 42.5 Å². The summed E-state index contributed by atoms with van der Waals surface area (Å²) in [5.41, 5.74) is 2.44. The van der Waals surface area contributed by atoms with Crippen LogP contribution in [0.5, 0.6) is 17.2 Å². The van der Waals surface area contributed by atoms with Crippen LogP contribution in [0.25, 0.3) is 0 Å². The molecule has 42 heavy (non-hydrogen) atoms. The number of hydrogen-bond donors (Lipinski definition) is 1. The zero-order valence-electron chi connectivity index (χ0n) is 23.6. The monoisotopic (exact) mass is 590 g/mol. The molecule has 218 valence electrons. The van der Waals surface area contributed by atoms with Gasteiger partial charge in [0.05, 0.1) is 51.6 Å². The molecule has 5 rings (SSSR count). The van der Waals surface area contributed by atoms with Gasteiger partial charge in [-0.1, -0.05) is 23.9 Å². The van der Waals surface area contributed by atoms with Crippen LogP contribution in [0.2, 0.25) is 0 Å². The molecule has 0 aliphatic carbocycles. The van der Waals surface area contributed by atoms with Crippen LogP contribution in [0.1, 0.15) is 40.0 Å². The maximum atomic E-state index is 13.7. The van der Waals surface area contributed by atoms with Crippen LogP contribution in [0.4, 0.5) is 0 Å². The summed E-state index contributed by atoms with van der Waals surface area (Å²) in [6.07, 6.45) is 1.91. The zero-order chi connectivity index (χ0) is 29.6. The molecule has 0 saturated heterocycles. The van der Waals surface area contributed by atoms with E-state index in [0.717, 1.165) is 22.6 Å². The maximum Gasteiger partial charge on any atom is 0.287 e. The van der Waals surface area contributed by atoms with Crippen molar-refractivity contribution in [3.63, 3.8) is 0 Å². The highest BCUT2D eigenvalue weighted by molar-refractivity contribution is 7.99. The lowest BCUT2D eigenvalue weighted by atomic mass is 9.97. The molecule has 2 aromatic heterocycles. The average Bonchev–Trinajstić information content (AvgIpc) is 3.79. The van der Waals surface area contributed by atoms with Gasteiger partial charge in [0, 0.05) is 19.0 Å². The maximum absolute atomic E-state index is 13.7. The second-order valence-electron chi connectivity index (χ2n) is 9.22. The molecule has 12 nitrogen and oxygen atoms in total. The van der Waals surface area contributed by atoms with Crippen molar-refractivity contribution in [2.75, 3.05) is 27.1 Å². The van der Waals surface area contributed by atoms with E-state index < -0.39 is 6.04 Å². The van der Waals surface area contributed by atoms with Gasteiger partial charge in [0.2, 0.25) is 0 Å². The fourth-order valence-electron chi connectivity index (χ4n) is 4.59. The SMILES string of the molecule is COc1ccc(C2=NN(C(=O)CSc3nnc(CNC(=O)c4ccco4)n3C)[C@@H](c3cccc(OC)c3OC)C2)cc1. The van der Waals surface area contributed by atoms with Gasteiger partial charge in [0.15, 0.2) is 28.2 Å². The van der Waals surface area contributed by atoms with Crippen LogP contribution in [0, 0.1) is 0 Å². The van der Waals surface area contributed by atoms with E-state index in [9.17, 15) is 9.59 Å². The first kappa shape index (κ1) is 28.7. The Morgan fingerprint density at radius 2 is 1.83 bits per heavy atom. The Hall–Kier alpha value is -4.78. The number of nitrogens with zero attached hydrogens (tertiary/aromatic N) is 5. The molecule has 0 saturated carbocycles. The highest BCUT2D eigenvalue weighted by atomic mass is 32.2. The molecule has 0 spiro atoms. The number of carbonyl (C=O) groups is 2. The van der Waals surface area contributed by atoms with Crippen LogP contribution >= 0.6 is 11.8 Å². The highest BCUT2D eigenvalue weighted by Gasteiger charge is 2.35. The van der Waals surface area contributed by atoms with Gasteiger partial charge in [-0.2, -0.15) is 5.10 Å². The topological polar surface area (TPSA) is 133 Å². The molecule has 1 aliphatic heterocycles. The van der Waals surface area contributed by atoms with E-state index in [2.05, 4.69) is 15.5 Å². The van der Waals surface area contributed by atoms with Gasteiger partial charge < -0.3 is 28.5 Å². The minimum absolute atomic E-state index is 0.0624. The lowest BCUT2D eigenvalue weighted by Gasteiger charge is -2.24. The Morgan fingerprint density at radius 3 is 2.52 bits per heavy atom. The molecule has 0 unspecified atom stereocenters. The minimum atomic E-state index is -0.410. The Morgan fingerprint density at radius 1 is 1.02 bits per heavy atom. The lowest BCUT2D eigenvalue weighted by Crippen LogP contribution is -2.29. The van der Waals surface area contributed by atoms with E-state index >= 15 is 0 Å². The lowest BCUT2D eigenvalue weighted by molar-refractivity contribution is -0.130. The van der Waals surface area contributed by atoms with Gasteiger partial charge in [-0.15, -0.1) is 10.2 Å². The standard InChI is InChI=1S/C29H30N6O6S/c1-34-25(16-30-28(37)24-9-6-14-41-24)31-32-29(34)42-17-26(36)35-22(20-7-5-8-23(39-3)27(20)40-4)15-21(33-35)18-10-12-19(38-2)13-11-18/h5-14,22H,15-17H2,1-4H3,(H,30,37)/t22-/m1/s1. The number of nitrogens with one attached hydrogen (secondary N) is 1. The van der Waals surface area contributed by atoms with Crippen LogP contribution in [0.3, 0.4) is 0 Å². The summed E-state index contributed by atoms with van der Waals surface area (Å²) in [5.74, 6) is 2.09. The Balaban J connectivity index is 1.34. The molecule has 0 bridgehead atoms. The largest absolute Gasteiger partial charge is 0.497 e. The van der Waals surface area contributed by atoms with Gasteiger partial charge in [-0.3, -0.25) is 9.59 Å². The molecule has 2 aromatic carbocycles. The second kappa shape index (κ2) is 12.8. The number of ether oxygens (including phenoxy) is 3. The van der Waals surface area contributed by atoms with Gasteiger partial charge in [-0.05, 0) is 48.0 Å². The molecule has 1 atom stereocenters. The number of furan rings is 1. The first-order valence-corrected chi connectivity index (χ1v) is 14.0. The predicted molar refractivity (Wildman–Crippen MR) is 155 cm³/mol. The number of carbonyl (C=O) groups excluding carboxylic acids is 2. The van der Waals surface area contributed by atoms with Gasteiger partial charge in [0.25, 0.3) is 11.8 Å². The summed E-state index contributed by atoms with van der Waals surface area (Å²) < 4.78 is 23.4. The first-order valence-electron chi connectivity index (χ1n) is 13.0. The third kappa shape index (κ3) is 5.96. The van der Waals surface area contributed by atoms with Crippen molar-refractivity contribution in [1.29, 1.82) is 0 Å². The summed E-state index contributed by atoms with van der Waals surface area (Å²) >= 11 is 1.24. The van der Waals surface area contributed by atoms with Gasteiger partial charge in [-0.25, -0.2) is 5.01 Å². The van der Waals surface area contributed by atoms with Crippen molar-refractivity contribution >= 4 is 29.3 Å². The molecule has 3 heterocycles. The van der Waals surface area contributed by atoms with Crippen LogP contribution in [-0.2, 0) is 18.4 Å². The van der Waals surface area contributed by atoms with E-state index in [-0.39, 0.29) is 29.9 Å². The summed E-state index contributed by atoms with van der Waals surface area (Å²) in [5, 5.41) is 17.9. The van der Waals surface area contributed by atoms with Crippen LogP contribution < -0.4 is 19.5 Å². The van der Waals surface area contributed by atoms with Crippen molar-refractivity contribution in [1.82, 2.24) is 25.1 Å². The number of amides is 2. The Bertz CT molecular complexity index is 1580. The third-order valence-corrected chi connectivity index (χ3v) is 7.79. The number of aromatic nitrogens is 3. The molecule has 13 heteroatoms. The van der Waals surface area contributed by atoms with E-state index in [4.69, 9.17) is 23.7 Å². The van der Waals surface area contributed by atoms with Crippen molar-refractivity contribution in [2.45, 2.75) is 24.2 Å². The summed E-state index contributed by atoms with van der Waals surface area (Å²) in [6, 6.07) is 16.0. The normalized spacial score (nSPS) is 14.4. The predicted octanol–water partition coefficient (Wildman–Crippen LogP) is 3.83. The fourth-order valence-corrected chi connectivity index (χ4v) is 5.37. The molecule has 4 aromatic rings. The molecule has 1 N–H and O–H groups in total. The molecule has 1 aliphatic rings. The molecule has 2 amide bonds. The van der Waals surface area contributed by atoms with Crippen molar-refractivity contribution in [3.05, 3.63) is 83.6 Å². The number of benzene rings is 2. The second-order valence-corrected chi connectivity index (χ2v) is 10.2. The minimum Gasteiger partial charge on any atom is -0.497 e. The number of thioether (sulfide) groups is 1. The molecular formula is C29H30N6O6S. The molecule has 0 fully saturated rings. The summed E-state index contributed by atoms with van der Waals surface area (Å²) in [4.78, 5) is 25.9. The number of para-hydroxylation sites is 1. The highest BCUT2D eigenvalue weighted by Crippen LogP contribution is 2.42. The Kier molecular flexibility index (Phi) is 8.77. The number of hydrazone groups is 1. The quantitative estimate of drug-likeness (QED) is 0.259. The number of hydrogen-bond acceptors (Lipinski definition) is 10. The summed E-state index contributed by atoms with van der Waals surface area (Å²) in [7, 11) is 6.54. The van der Waals surface area contributed by atoms with E-state index in [1.54, 1.807) is 45.1 Å². The fraction of sp³-hybridized carbons (Fsp3) is 0.276. The van der Waals surface area contributed by atoms with Crippen LogP contribution in [-0.4, -0.2) is 64.4 Å². The zero-order valence-corrected chi connectivity index (χ0v) is 24.4. The van der Waals surface area contributed by atoms with Gasteiger partial charge >= 0.3 is 0 Å². The average molecular weight is 591 g/mol. The third-order valence-electron chi connectivity index (χ3n) is 6.78. The smallest absolute Gasteiger partial charge is 0.287 e.